The Morgan fingerprint density at radius 3 is 2.33 bits per heavy atom. The number of urea groups is 1. The number of nitrogens with zero attached hydrogens (tertiary/aromatic N) is 1. The minimum atomic E-state index is -1.05. The number of carbonyl (C=O) groups is 2. The van der Waals surface area contributed by atoms with Crippen molar-refractivity contribution in [3.05, 3.63) is 11.4 Å². The third-order valence-corrected chi connectivity index (χ3v) is 2.59. The van der Waals surface area contributed by atoms with Crippen molar-refractivity contribution in [3.8, 4) is 0 Å². The van der Waals surface area contributed by atoms with Crippen molar-refractivity contribution in [1.82, 2.24) is 15.5 Å². The van der Waals surface area contributed by atoms with Crippen LogP contribution in [0.25, 0.3) is 0 Å². The third-order valence-electron chi connectivity index (χ3n) is 2.59. The zero-order valence-electron chi connectivity index (χ0n) is 10.9. The summed E-state index contributed by atoms with van der Waals surface area (Å²) in [6.45, 7) is 6.98. The highest BCUT2D eigenvalue weighted by molar-refractivity contribution is 5.93. The van der Waals surface area contributed by atoms with E-state index < -0.39 is 18.0 Å². The quantitative estimate of drug-likeness (QED) is 0.648. The lowest BCUT2D eigenvalue weighted by molar-refractivity contribution is -0.140. The number of nitrogens with one attached hydrogen (secondary N) is 3. The molecule has 18 heavy (non-hydrogen) atoms. The standard InChI is InChI=1S/C11H18N4O3/c1-5(2)8(10(16)17)12-11(18)13-9-6(3)14-15-7(9)4/h5,8H,1-4H3,(H,14,15)(H,16,17)(H2,12,13,18). The van der Waals surface area contributed by atoms with Gasteiger partial charge in [0.1, 0.15) is 6.04 Å². The summed E-state index contributed by atoms with van der Waals surface area (Å²) in [4.78, 5) is 22.7. The van der Waals surface area contributed by atoms with Crippen molar-refractivity contribution in [2.45, 2.75) is 33.7 Å². The van der Waals surface area contributed by atoms with E-state index in [0.717, 1.165) is 5.69 Å². The molecule has 0 saturated heterocycles. The maximum atomic E-state index is 11.7. The van der Waals surface area contributed by atoms with Gasteiger partial charge in [-0.15, -0.1) is 0 Å². The van der Waals surface area contributed by atoms with Crippen LogP contribution in [0.15, 0.2) is 0 Å². The zero-order valence-corrected chi connectivity index (χ0v) is 10.9. The molecule has 7 nitrogen and oxygen atoms in total. The molecule has 7 heteroatoms. The van der Waals surface area contributed by atoms with Crippen molar-refractivity contribution in [1.29, 1.82) is 0 Å². The van der Waals surface area contributed by atoms with E-state index in [0.29, 0.717) is 11.4 Å². The summed E-state index contributed by atoms with van der Waals surface area (Å²) < 4.78 is 0. The van der Waals surface area contributed by atoms with Crippen molar-refractivity contribution in [3.63, 3.8) is 0 Å². The zero-order chi connectivity index (χ0) is 13.9. The first-order chi connectivity index (χ1) is 8.32. The van der Waals surface area contributed by atoms with Gasteiger partial charge >= 0.3 is 12.0 Å². The first-order valence-electron chi connectivity index (χ1n) is 5.64. The van der Waals surface area contributed by atoms with Crippen LogP contribution in [0.2, 0.25) is 0 Å². The number of aliphatic carboxylic acids is 1. The van der Waals surface area contributed by atoms with Gasteiger partial charge in [0.05, 0.1) is 17.1 Å². The summed E-state index contributed by atoms with van der Waals surface area (Å²) >= 11 is 0. The largest absolute Gasteiger partial charge is 0.480 e. The Bertz CT molecular complexity index is 434. The first kappa shape index (κ1) is 14.0. The average molecular weight is 254 g/mol. The molecule has 1 aromatic rings. The van der Waals surface area contributed by atoms with Crippen LogP contribution in [0, 0.1) is 19.8 Å². The molecule has 4 N–H and O–H groups in total. The molecular formula is C11H18N4O3. The van der Waals surface area contributed by atoms with E-state index >= 15 is 0 Å². The summed E-state index contributed by atoms with van der Waals surface area (Å²) in [5.74, 6) is -1.25. The molecule has 1 atom stereocenters. The Labute approximate surface area is 105 Å². The SMILES string of the molecule is Cc1n[nH]c(C)c1NC(=O)NC(C(=O)O)C(C)C. The fraction of sp³-hybridized carbons (Fsp3) is 0.545. The smallest absolute Gasteiger partial charge is 0.326 e. The lowest BCUT2D eigenvalue weighted by Gasteiger charge is -2.18. The molecule has 0 spiro atoms. The van der Waals surface area contributed by atoms with Gasteiger partial charge in [-0.3, -0.25) is 5.10 Å². The molecule has 0 fully saturated rings. The van der Waals surface area contributed by atoms with E-state index in [1.807, 2.05) is 0 Å². The average Bonchev–Trinajstić information content (AvgIpc) is 2.56. The van der Waals surface area contributed by atoms with E-state index in [-0.39, 0.29) is 5.92 Å². The maximum Gasteiger partial charge on any atom is 0.326 e. The molecule has 1 rings (SSSR count). The van der Waals surface area contributed by atoms with E-state index in [1.165, 1.54) is 0 Å². The topological polar surface area (TPSA) is 107 Å². The van der Waals surface area contributed by atoms with Crippen LogP contribution < -0.4 is 10.6 Å². The molecule has 0 aromatic carbocycles. The van der Waals surface area contributed by atoms with Crippen LogP contribution in [0.5, 0.6) is 0 Å². The predicted molar refractivity (Wildman–Crippen MR) is 66.5 cm³/mol. The number of carboxylic acid groups (broad SMARTS) is 1. The second kappa shape index (κ2) is 5.52. The van der Waals surface area contributed by atoms with Crippen LogP contribution in [0.3, 0.4) is 0 Å². The van der Waals surface area contributed by atoms with Gasteiger partial charge in [0.25, 0.3) is 0 Å². The van der Waals surface area contributed by atoms with E-state index in [1.54, 1.807) is 27.7 Å². The number of aromatic amines is 1. The van der Waals surface area contributed by atoms with Crippen molar-refractivity contribution in [2.24, 2.45) is 5.92 Å². The van der Waals surface area contributed by atoms with Gasteiger partial charge in [0.2, 0.25) is 0 Å². The minimum absolute atomic E-state index is 0.195. The van der Waals surface area contributed by atoms with Crippen LogP contribution in [0.4, 0.5) is 10.5 Å². The minimum Gasteiger partial charge on any atom is -0.480 e. The van der Waals surface area contributed by atoms with Crippen molar-refractivity contribution in [2.75, 3.05) is 5.32 Å². The normalized spacial score (nSPS) is 12.3. The fourth-order valence-corrected chi connectivity index (χ4v) is 1.54. The Kier molecular flexibility index (Phi) is 4.30. The molecule has 1 unspecified atom stereocenters. The number of hydrogen-bond acceptors (Lipinski definition) is 3. The highest BCUT2D eigenvalue weighted by atomic mass is 16.4. The number of carbonyl (C=O) groups excluding carboxylic acids is 1. The number of aryl methyl sites for hydroxylation is 2. The van der Waals surface area contributed by atoms with Crippen LogP contribution in [-0.2, 0) is 4.79 Å². The molecule has 0 aliphatic rings. The lowest BCUT2D eigenvalue weighted by atomic mass is 10.1. The molecule has 1 aromatic heterocycles. The summed E-state index contributed by atoms with van der Waals surface area (Å²) in [6.07, 6.45) is 0. The van der Waals surface area contributed by atoms with Gasteiger partial charge in [-0.1, -0.05) is 13.8 Å². The van der Waals surface area contributed by atoms with Crippen LogP contribution >= 0.6 is 0 Å². The Morgan fingerprint density at radius 1 is 1.33 bits per heavy atom. The molecular weight excluding hydrogens is 236 g/mol. The van der Waals surface area contributed by atoms with Crippen molar-refractivity contribution < 1.29 is 14.7 Å². The Hall–Kier alpha value is -2.05. The maximum absolute atomic E-state index is 11.7. The molecule has 1 heterocycles. The highest BCUT2D eigenvalue weighted by Gasteiger charge is 2.23. The van der Waals surface area contributed by atoms with Gasteiger partial charge in [0, 0.05) is 0 Å². The molecule has 0 aliphatic carbocycles. The van der Waals surface area contributed by atoms with E-state index in [4.69, 9.17) is 5.11 Å². The lowest BCUT2D eigenvalue weighted by Crippen LogP contribution is -2.46. The fourth-order valence-electron chi connectivity index (χ4n) is 1.54. The van der Waals surface area contributed by atoms with Gasteiger partial charge in [-0.2, -0.15) is 5.10 Å². The number of aromatic nitrogens is 2. The summed E-state index contributed by atoms with van der Waals surface area (Å²) in [5, 5.41) is 20.6. The number of hydrogen-bond donors (Lipinski definition) is 4. The number of amides is 2. The number of carboxylic acids is 1. The van der Waals surface area contributed by atoms with E-state index in [9.17, 15) is 9.59 Å². The second-order valence-electron chi connectivity index (χ2n) is 4.47. The molecule has 0 aliphatic heterocycles. The summed E-state index contributed by atoms with van der Waals surface area (Å²) in [6, 6.07) is -1.47. The Morgan fingerprint density at radius 2 is 1.94 bits per heavy atom. The summed E-state index contributed by atoms with van der Waals surface area (Å²) in [5.41, 5.74) is 1.94. The van der Waals surface area contributed by atoms with Gasteiger partial charge in [0.15, 0.2) is 0 Å². The monoisotopic (exact) mass is 254 g/mol. The van der Waals surface area contributed by atoms with Crippen molar-refractivity contribution >= 4 is 17.7 Å². The first-order valence-corrected chi connectivity index (χ1v) is 5.64. The predicted octanol–water partition coefficient (Wildman–Crippen LogP) is 1.26. The third kappa shape index (κ3) is 3.22. The number of H-pyrrole nitrogens is 1. The number of rotatable bonds is 4. The molecule has 0 radical (unpaired) electrons. The van der Waals surface area contributed by atoms with Gasteiger partial charge in [-0.05, 0) is 19.8 Å². The second-order valence-corrected chi connectivity index (χ2v) is 4.47. The molecule has 2 amide bonds. The molecule has 100 valence electrons. The van der Waals surface area contributed by atoms with Gasteiger partial charge in [-0.25, -0.2) is 9.59 Å². The van der Waals surface area contributed by atoms with Gasteiger partial charge < -0.3 is 15.7 Å². The number of anilines is 1. The van der Waals surface area contributed by atoms with Crippen LogP contribution in [-0.4, -0.2) is 33.3 Å². The van der Waals surface area contributed by atoms with E-state index in [2.05, 4.69) is 20.8 Å². The highest BCUT2D eigenvalue weighted by Crippen LogP contribution is 2.15. The molecule has 0 saturated carbocycles. The molecule has 0 bridgehead atoms. The van der Waals surface area contributed by atoms with Crippen LogP contribution in [0.1, 0.15) is 25.2 Å². The Balaban J connectivity index is 2.69. The summed E-state index contributed by atoms with van der Waals surface area (Å²) in [7, 11) is 0.